The van der Waals surface area contributed by atoms with Crippen molar-refractivity contribution in [1.29, 1.82) is 0 Å². The number of hydrogen-bond donors (Lipinski definition) is 1. The van der Waals surface area contributed by atoms with E-state index in [9.17, 15) is 0 Å². The minimum Gasteiger partial charge on any atom is -0.357 e. The van der Waals surface area contributed by atoms with Crippen LogP contribution in [0.4, 0.5) is 11.8 Å². The lowest BCUT2D eigenvalue weighted by atomic mass is 10.00. The molecule has 2 rings (SSSR count). The summed E-state index contributed by atoms with van der Waals surface area (Å²) in [7, 11) is 3.97. The smallest absolute Gasteiger partial charge is 0.225 e. The van der Waals surface area contributed by atoms with Crippen LogP contribution in [0.2, 0.25) is 0 Å². The number of aromatic nitrogens is 2. The van der Waals surface area contributed by atoms with E-state index in [1.807, 2.05) is 7.05 Å². The van der Waals surface area contributed by atoms with E-state index in [0.29, 0.717) is 5.95 Å². The third-order valence-corrected chi connectivity index (χ3v) is 4.75. The van der Waals surface area contributed by atoms with Crippen molar-refractivity contribution in [2.24, 2.45) is 0 Å². The van der Waals surface area contributed by atoms with Crippen LogP contribution in [0.25, 0.3) is 10.2 Å². The van der Waals surface area contributed by atoms with Crippen molar-refractivity contribution in [3.05, 3.63) is 10.9 Å². The zero-order valence-electron chi connectivity index (χ0n) is 12.5. The summed E-state index contributed by atoms with van der Waals surface area (Å²) in [4.78, 5) is 13.8. The summed E-state index contributed by atoms with van der Waals surface area (Å²) < 4.78 is 0. The minimum atomic E-state index is 0.0716. The molecule has 0 aliphatic carbocycles. The van der Waals surface area contributed by atoms with Gasteiger partial charge in [-0.25, -0.2) is 4.98 Å². The van der Waals surface area contributed by atoms with Gasteiger partial charge in [-0.05, 0) is 33.3 Å². The van der Waals surface area contributed by atoms with Gasteiger partial charge in [0.25, 0.3) is 0 Å². The molecule has 0 unspecified atom stereocenters. The quantitative estimate of drug-likeness (QED) is 0.926. The number of nitrogens with one attached hydrogen (secondary N) is 1. The zero-order valence-corrected chi connectivity index (χ0v) is 13.4. The molecule has 0 saturated heterocycles. The lowest BCUT2D eigenvalue weighted by molar-refractivity contribution is 0.468. The first kappa shape index (κ1) is 14.1. The van der Waals surface area contributed by atoms with Crippen LogP contribution in [0.15, 0.2) is 6.07 Å². The van der Waals surface area contributed by atoms with Crippen LogP contribution >= 0.6 is 11.3 Å². The SMILES string of the molecule is CCC(C)(C)N(C)c1nc(NC)nc2sc(C)cc12. The topological polar surface area (TPSA) is 41.1 Å². The highest BCUT2D eigenvalue weighted by Crippen LogP contribution is 2.34. The Morgan fingerprint density at radius 1 is 1.37 bits per heavy atom. The molecule has 2 heterocycles. The number of hydrogen-bond acceptors (Lipinski definition) is 5. The zero-order chi connectivity index (χ0) is 14.2. The summed E-state index contributed by atoms with van der Waals surface area (Å²) >= 11 is 1.71. The Kier molecular flexibility index (Phi) is 3.67. The Bertz CT molecular complexity index is 588. The summed E-state index contributed by atoms with van der Waals surface area (Å²) in [5.74, 6) is 1.69. The van der Waals surface area contributed by atoms with E-state index >= 15 is 0 Å². The molecule has 2 aromatic heterocycles. The van der Waals surface area contributed by atoms with E-state index in [0.717, 1.165) is 22.5 Å². The predicted molar refractivity (Wildman–Crippen MR) is 84.5 cm³/mol. The third-order valence-electron chi connectivity index (χ3n) is 3.81. The van der Waals surface area contributed by atoms with Gasteiger partial charge in [-0.15, -0.1) is 11.3 Å². The van der Waals surface area contributed by atoms with E-state index in [4.69, 9.17) is 0 Å². The van der Waals surface area contributed by atoms with Crippen LogP contribution in [0.1, 0.15) is 32.1 Å². The molecule has 0 bridgehead atoms. The Balaban J connectivity index is 2.63. The molecule has 1 N–H and O–H groups in total. The first-order valence-corrected chi connectivity index (χ1v) is 7.40. The van der Waals surface area contributed by atoms with E-state index in [1.54, 1.807) is 11.3 Å². The summed E-state index contributed by atoms with van der Waals surface area (Å²) in [5, 5.41) is 4.19. The molecule has 0 radical (unpaired) electrons. The Morgan fingerprint density at radius 3 is 2.63 bits per heavy atom. The summed E-state index contributed by atoms with van der Waals surface area (Å²) in [6.07, 6.45) is 1.06. The molecule has 0 aliphatic rings. The van der Waals surface area contributed by atoms with Crippen molar-refractivity contribution in [2.75, 3.05) is 24.3 Å². The van der Waals surface area contributed by atoms with Crippen molar-refractivity contribution in [3.63, 3.8) is 0 Å². The lowest BCUT2D eigenvalue weighted by Crippen LogP contribution is -2.41. The van der Waals surface area contributed by atoms with E-state index in [-0.39, 0.29) is 5.54 Å². The second-order valence-electron chi connectivity index (χ2n) is 5.42. The molecule has 19 heavy (non-hydrogen) atoms. The molecule has 5 heteroatoms. The van der Waals surface area contributed by atoms with Crippen LogP contribution < -0.4 is 10.2 Å². The van der Waals surface area contributed by atoms with Crippen molar-refractivity contribution in [1.82, 2.24) is 9.97 Å². The average Bonchev–Trinajstić information content (AvgIpc) is 2.76. The molecule has 0 atom stereocenters. The maximum absolute atomic E-state index is 4.66. The molecule has 0 aromatic carbocycles. The largest absolute Gasteiger partial charge is 0.357 e. The highest BCUT2D eigenvalue weighted by atomic mass is 32.1. The minimum absolute atomic E-state index is 0.0716. The van der Waals surface area contributed by atoms with Gasteiger partial charge < -0.3 is 10.2 Å². The second kappa shape index (κ2) is 4.96. The fourth-order valence-corrected chi connectivity index (χ4v) is 2.79. The first-order chi connectivity index (χ1) is 8.89. The number of anilines is 2. The van der Waals surface area contributed by atoms with E-state index in [1.165, 1.54) is 4.88 Å². The van der Waals surface area contributed by atoms with Gasteiger partial charge in [0.15, 0.2) is 0 Å². The standard InChI is InChI=1S/C14H22N4S/c1-7-14(3,4)18(6)11-10-8-9(2)19-12(10)17-13(15-5)16-11/h8H,7H2,1-6H3,(H,15,16,17). The van der Waals surface area contributed by atoms with Gasteiger partial charge in [0.1, 0.15) is 10.6 Å². The molecule has 2 aromatic rings. The highest BCUT2D eigenvalue weighted by molar-refractivity contribution is 7.18. The Labute approximate surface area is 118 Å². The molecular weight excluding hydrogens is 256 g/mol. The second-order valence-corrected chi connectivity index (χ2v) is 6.66. The van der Waals surface area contributed by atoms with Crippen molar-refractivity contribution < 1.29 is 0 Å². The fourth-order valence-electron chi connectivity index (χ4n) is 1.92. The Hall–Kier alpha value is -1.36. The molecule has 4 nitrogen and oxygen atoms in total. The molecule has 0 fully saturated rings. The summed E-state index contributed by atoms with van der Waals surface area (Å²) in [6.45, 7) is 8.78. The van der Waals surface area contributed by atoms with E-state index < -0.39 is 0 Å². The number of rotatable bonds is 4. The molecular formula is C14H22N4S. The van der Waals surface area contributed by atoms with Gasteiger partial charge >= 0.3 is 0 Å². The number of thiophene rings is 1. The van der Waals surface area contributed by atoms with Crippen molar-refractivity contribution in [2.45, 2.75) is 39.7 Å². The van der Waals surface area contributed by atoms with Gasteiger partial charge in [0, 0.05) is 24.5 Å². The van der Waals surface area contributed by atoms with Crippen LogP contribution in [-0.4, -0.2) is 29.6 Å². The first-order valence-electron chi connectivity index (χ1n) is 6.59. The van der Waals surface area contributed by atoms with Crippen LogP contribution in [0, 0.1) is 6.92 Å². The molecule has 0 saturated carbocycles. The van der Waals surface area contributed by atoms with Crippen LogP contribution in [0.5, 0.6) is 0 Å². The normalized spacial score (nSPS) is 11.9. The maximum Gasteiger partial charge on any atom is 0.225 e. The number of aryl methyl sites for hydroxylation is 1. The van der Waals surface area contributed by atoms with Crippen LogP contribution in [0.3, 0.4) is 0 Å². The van der Waals surface area contributed by atoms with Crippen LogP contribution in [-0.2, 0) is 0 Å². The summed E-state index contributed by atoms with van der Waals surface area (Å²) in [5.41, 5.74) is 0.0716. The number of fused-ring (bicyclic) bond motifs is 1. The summed E-state index contributed by atoms with van der Waals surface area (Å²) in [6, 6.07) is 2.18. The van der Waals surface area contributed by atoms with Gasteiger partial charge in [-0.2, -0.15) is 4.98 Å². The monoisotopic (exact) mass is 278 g/mol. The van der Waals surface area contributed by atoms with Gasteiger partial charge in [0.05, 0.1) is 5.39 Å². The maximum atomic E-state index is 4.66. The molecule has 0 amide bonds. The average molecular weight is 278 g/mol. The fraction of sp³-hybridized carbons (Fsp3) is 0.571. The third kappa shape index (κ3) is 2.52. The number of nitrogens with zero attached hydrogens (tertiary/aromatic N) is 3. The molecule has 0 spiro atoms. The Morgan fingerprint density at radius 2 is 2.05 bits per heavy atom. The van der Waals surface area contributed by atoms with Gasteiger partial charge in [-0.1, -0.05) is 6.92 Å². The lowest BCUT2D eigenvalue weighted by Gasteiger charge is -2.36. The van der Waals surface area contributed by atoms with Gasteiger partial charge in [-0.3, -0.25) is 0 Å². The predicted octanol–water partition coefficient (Wildman–Crippen LogP) is 3.67. The highest BCUT2D eigenvalue weighted by Gasteiger charge is 2.25. The van der Waals surface area contributed by atoms with Crippen molar-refractivity contribution in [3.8, 4) is 0 Å². The van der Waals surface area contributed by atoms with Gasteiger partial charge in [0.2, 0.25) is 5.95 Å². The van der Waals surface area contributed by atoms with Crippen molar-refractivity contribution >= 4 is 33.3 Å². The molecule has 104 valence electrons. The van der Waals surface area contributed by atoms with E-state index in [2.05, 4.69) is 61.0 Å². The molecule has 0 aliphatic heterocycles.